The number of aliphatic imine (C=N–C) groups is 1. The molecule has 1 amide bonds. The van der Waals surface area contributed by atoms with Crippen molar-refractivity contribution in [3.63, 3.8) is 0 Å². The Labute approximate surface area is 124 Å². The van der Waals surface area contributed by atoms with Crippen LogP contribution in [0.4, 0.5) is 4.79 Å². The van der Waals surface area contributed by atoms with Crippen molar-refractivity contribution in [2.75, 3.05) is 13.2 Å². The summed E-state index contributed by atoms with van der Waals surface area (Å²) in [7, 11) is 0. The second kappa shape index (κ2) is 4.34. The molecule has 0 bridgehead atoms. The van der Waals surface area contributed by atoms with Crippen molar-refractivity contribution in [3.8, 4) is 0 Å². The van der Waals surface area contributed by atoms with E-state index in [-0.39, 0.29) is 18.9 Å². The highest BCUT2D eigenvalue weighted by molar-refractivity contribution is 5.86. The molecule has 2 saturated heterocycles. The molecule has 9 N–H and O–H groups in total. The number of guanidine groups is 2. The Morgan fingerprint density at radius 2 is 2.27 bits per heavy atom. The van der Waals surface area contributed by atoms with Crippen molar-refractivity contribution in [2.45, 2.75) is 30.0 Å². The topological polar surface area (TPSA) is 194 Å². The highest BCUT2D eigenvalue weighted by atomic mass is 16.6. The maximum atomic E-state index is 10.8. The predicted molar refractivity (Wildman–Crippen MR) is 70.4 cm³/mol. The Bertz CT molecular complexity index is 566. The average Bonchev–Trinajstić information content (AvgIpc) is 2.89. The third kappa shape index (κ3) is 1.65. The standard InChI is InChI=1S/C10H17N7O5/c11-6-14-5-4(3-22-8(13)18)17(21)7(12)16-2-1-9(19,20)10(5,16)15-6/h4-5,12,19-21H,1-3H2,(H2,13,18)(H3,11,14,15)/t4-,5+,10+/m0/s1. The summed E-state index contributed by atoms with van der Waals surface area (Å²) in [6.45, 7) is -0.304. The molecule has 22 heavy (non-hydrogen) atoms. The number of nitrogens with two attached hydrogens (primary N) is 2. The zero-order valence-corrected chi connectivity index (χ0v) is 11.4. The van der Waals surface area contributed by atoms with Gasteiger partial charge in [0.05, 0.1) is 0 Å². The summed E-state index contributed by atoms with van der Waals surface area (Å²) in [5.74, 6) is -2.71. The lowest BCUT2D eigenvalue weighted by molar-refractivity contribution is -0.241. The number of nitrogens with one attached hydrogen (secondary N) is 2. The first-order valence-electron chi connectivity index (χ1n) is 6.53. The van der Waals surface area contributed by atoms with Crippen LogP contribution in [-0.4, -0.2) is 80.1 Å². The van der Waals surface area contributed by atoms with Gasteiger partial charge in [0, 0.05) is 13.0 Å². The van der Waals surface area contributed by atoms with E-state index >= 15 is 0 Å². The molecule has 3 aliphatic heterocycles. The van der Waals surface area contributed by atoms with Gasteiger partial charge in [0.2, 0.25) is 11.7 Å². The Kier molecular flexibility index (Phi) is 2.89. The molecule has 0 aliphatic carbocycles. The van der Waals surface area contributed by atoms with Crippen LogP contribution >= 0.6 is 0 Å². The van der Waals surface area contributed by atoms with Gasteiger partial charge in [-0.3, -0.25) is 10.6 Å². The molecule has 3 rings (SSSR count). The minimum Gasteiger partial charge on any atom is -0.447 e. The predicted octanol–water partition coefficient (Wildman–Crippen LogP) is -3.54. The van der Waals surface area contributed by atoms with Crippen LogP contribution in [0.3, 0.4) is 0 Å². The van der Waals surface area contributed by atoms with E-state index in [1.54, 1.807) is 0 Å². The van der Waals surface area contributed by atoms with Crippen LogP contribution < -0.4 is 16.8 Å². The van der Waals surface area contributed by atoms with E-state index < -0.39 is 42.2 Å². The van der Waals surface area contributed by atoms with E-state index in [4.69, 9.17) is 16.9 Å². The second-order valence-electron chi connectivity index (χ2n) is 5.43. The summed E-state index contributed by atoms with van der Waals surface area (Å²) in [6.07, 6.45) is -1.15. The molecule has 122 valence electrons. The van der Waals surface area contributed by atoms with Gasteiger partial charge in [-0.05, 0) is 0 Å². The number of primary amides is 1. The number of carbonyl (C=O) groups excluding carboxylic acids is 1. The van der Waals surface area contributed by atoms with Crippen molar-refractivity contribution in [1.29, 1.82) is 5.41 Å². The molecular formula is C10H17N7O5. The van der Waals surface area contributed by atoms with Crippen molar-refractivity contribution < 1.29 is 25.0 Å². The maximum absolute atomic E-state index is 10.8. The van der Waals surface area contributed by atoms with Crippen molar-refractivity contribution in [3.05, 3.63) is 0 Å². The number of ether oxygens (including phenoxy) is 1. The fraction of sp³-hybridized carbons (Fsp3) is 0.700. The zero-order chi connectivity index (χ0) is 16.3. The molecule has 1 spiro atoms. The van der Waals surface area contributed by atoms with E-state index in [2.05, 4.69) is 15.0 Å². The monoisotopic (exact) mass is 315 g/mol. The van der Waals surface area contributed by atoms with Crippen LogP contribution in [0.25, 0.3) is 0 Å². The summed E-state index contributed by atoms with van der Waals surface area (Å²) in [5, 5.41) is 42.1. The molecule has 3 atom stereocenters. The molecule has 0 radical (unpaired) electrons. The quantitative estimate of drug-likeness (QED) is 0.252. The molecule has 0 saturated carbocycles. The van der Waals surface area contributed by atoms with Gasteiger partial charge in [-0.1, -0.05) is 0 Å². The van der Waals surface area contributed by atoms with E-state index in [1.165, 1.54) is 4.90 Å². The Balaban J connectivity index is 2.03. The molecule has 12 heteroatoms. The first-order chi connectivity index (χ1) is 10.2. The van der Waals surface area contributed by atoms with E-state index in [0.717, 1.165) is 0 Å². The van der Waals surface area contributed by atoms with E-state index in [0.29, 0.717) is 5.06 Å². The summed E-state index contributed by atoms with van der Waals surface area (Å²) in [4.78, 5) is 16.1. The van der Waals surface area contributed by atoms with Gasteiger partial charge in [0.15, 0.2) is 11.6 Å². The number of amides is 1. The average molecular weight is 315 g/mol. The highest BCUT2D eigenvalue weighted by Crippen LogP contribution is 2.45. The lowest BCUT2D eigenvalue weighted by atomic mass is 9.86. The third-order valence-corrected chi connectivity index (χ3v) is 4.29. The molecule has 0 aromatic carbocycles. The summed E-state index contributed by atoms with van der Waals surface area (Å²) >= 11 is 0. The van der Waals surface area contributed by atoms with Crippen LogP contribution in [0.2, 0.25) is 0 Å². The molecule has 2 fully saturated rings. The molecule has 0 unspecified atom stereocenters. The minimum atomic E-state index is -2.25. The number of hydrogen-bond donors (Lipinski definition) is 7. The number of rotatable bonds is 2. The Hall–Kier alpha value is -2.31. The first kappa shape index (κ1) is 14.6. The number of aliphatic hydroxyl groups is 2. The van der Waals surface area contributed by atoms with Gasteiger partial charge < -0.3 is 36.6 Å². The molecule has 3 heterocycles. The largest absolute Gasteiger partial charge is 0.447 e. The number of hydrogen-bond acceptors (Lipinski definition) is 9. The minimum absolute atomic E-state index is 0.0726. The fourth-order valence-electron chi connectivity index (χ4n) is 3.34. The Morgan fingerprint density at radius 1 is 1.59 bits per heavy atom. The molecule has 0 aromatic rings. The van der Waals surface area contributed by atoms with E-state index in [1.807, 2.05) is 0 Å². The number of carbonyl (C=O) groups is 1. The van der Waals surface area contributed by atoms with E-state index in [9.17, 15) is 20.2 Å². The maximum Gasteiger partial charge on any atom is 0.404 e. The zero-order valence-electron chi connectivity index (χ0n) is 11.4. The smallest absolute Gasteiger partial charge is 0.404 e. The van der Waals surface area contributed by atoms with Crippen LogP contribution in [0, 0.1) is 5.41 Å². The van der Waals surface area contributed by atoms with Gasteiger partial charge in [0.25, 0.3) is 0 Å². The van der Waals surface area contributed by atoms with Crippen molar-refractivity contribution in [2.24, 2.45) is 16.5 Å². The van der Waals surface area contributed by atoms with Crippen molar-refractivity contribution in [1.82, 2.24) is 15.3 Å². The molecule has 12 nitrogen and oxygen atoms in total. The van der Waals surface area contributed by atoms with Crippen molar-refractivity contribution >= 4 is 18.0 Å². The fourth-order valence-corrected chi connectivity index (χ4v) is 3.34. The molecular weight excluding hydrogens is 298 g/mol. The first-order valence-corrected chi connectivity index (χ1v) is 6.53. The van der Waals surface area contributed by atoms with Crippen LogP contribution in [0.5, 0.6) is 0 Å². The summed E-state index contributed by atoms with van der Waals surface area (Å²) in [6, 6.07) is -2.05. The molecule has 3 aliphatic rings. The summed E-state index contributed by atoms with van der Waals surface area (Å²) in [5.41, 5.74) is 8.96. The van der Waals surface area contributed by atoms with Crippen LogP contribution in [0.15, 0.2) is 4.99 Å². The number of hydroxylamine groups is 2. The van der Waals surface area contributed by atoms with Gasteiger partial charge >= 0.3 is 6.09 Å². The van der Waals surface area contributed by atoms with Gasteiger partial charge in [-0.25, -0.2) is 14.9 Å². The van der Waals surface area contributed by atoms with Crippen LogP contribution in [0.1, 0.15) is 6.42 Å². The SMILES string of the molecule is N=C1N(O)[C@@H](COC(N)=O)[C@H]2N=C(N)N[C@@]23N1CCC3(O)O. The lowest BCUT2D eigenvalue weighted by Crippen LogP contribution is -2.80. The lowest BCUT2D eigenvalue weighted by Gasteiger charge is -2.52. The van der Waals surface area contributed by atoms with Gasteiger partial charge in [-0.2, -0.15) is 0 Å². The normalized spacial score (nSPS) is 35.6. The third-order valence-electron chi connectivity index (χ3n) is 4.29. The van der Waals surface area contributed by atoms with Crippen LogP contribution in [-0.2, 0) is 4.74 Å². The highest BCUT2D eigenvalue weighted by Gasteiger charge is 2.71. The Morgan fingerprint density at radius 3 is 2.91 bits per heavy atom. The summed E-state index contributed by atoms with van der Waals surface area (Å²) < 4.78 is 4.68. The molecule has 0 aromatic heterocycles. The van der Waals surface area contributed by atoms with Gasteiger partial charge in [0.1, 0.15) is 18.7 Å². The second-order valence-corrected chi connectivity index (χ2v) is 5.43. The number of nitrogens with zero attached hydrogens (tertiary/aromatic N) is 3. The van der Waals surface area contributed by atoms with Gasteiger partial charge in [-0.15, -0.1) is 0 Å².